The molecular formula is C27H38N2O2. The Hall–Kier alpha value is -2.20. The number of nitrogens with one attached hydrogen (secondary N) is 2. The van der Waals surface area contributed by atoms with Crippen LogP contribution < -0.4 is 20.1 Å². The topological polar surface area (TPSA) is 42.5 Å². The van der Waals surface area contributed by atoms with Gasteiger partial charge in [0.05, 0.1) is 13.2 Å². The highest BCUT2D eigenvalue weighted by atomic mass is 16.5. The number of hydrogen-bond donors (Lipinski definition) is 2. The molecule has 0 amide bonds. The van der Waals surface area contributed by atoms with Crippen molar-refractivity contribution < 1.29 is 9.47 Å². The van der Waals surface area contributed by atoms with E-state index in [1.807, 2.05) is 0 Å². The predicted octanol–water partition coefficient (Wildman–Crippen LogP) is 5.95. The van der Waals surface area contributed by atoms with Gasteiger partial charge in [-0.25, -0.2) is 0 Å². The summed E-state index contributed by atoms with van der Waals surface area (Å²) in [5, 5.41) is 7.30. The zero-order valence-electron chi connectivity index (χ0n) is 19.3. The number of anilines is 1. The van der Waals surface area contributed by atoms with Crippen molar-refractivity contribution in [1.82, 2.24) is 5.32 Å². The summed E-state index contributed by atoms with van der Waals surface area (Å²) in [7, 11) is 1.73. The van der Waals surface area contributed by atoms with Crippen LogP contribution in [0.4, 0.5) is 5.69 Å². The molecule has 1 saturated heterocycles. The first-order chi connectivity index (χ1) is 15.1. The molecule has 4 rings (SSSR count). The van der Waals surface area contributed by atoms with Crippen LogP contribution >= 0.6 is 0 Å². The molecule has 4 nitrogen and oxygen atoms in total. The highest BCUT2D eigenvalue weighted by molar-refractivity contribution is 5.46. The Bertz CT molecular complexity index is 828. The normalized spacial score (nSPS) is 21.9. The van der Waals surface area contributed by atoms with Gasteiger partial charge in [-0.3, -0.25) is 0 Å². The first-order valence-corrected chi connectivity index (χ1v) is 12.0. The van der Waals surface area contributed by atoms with Crippen LogP contribution in [0.2, 0.25) is 0 Å². The minimum atomic E-state index is 0.340. The van der Waals surface area contributed by atoms with E-state index in [0.717, 1.165) is 44.0 Å². The molecule has 2 aromatic rings. The second-order valence-electron chi connectivity index (χ2n) is 9.55. The third-order valence-corrected chi connectivity index (χ3v) is 6.87. The summed E-state index contributed by atoms with van der Waals surface area (Å²) in [5.41, 5.74) is 3.95. The van der Waals surface area contributed by atoms with Crippen molar-refractivity contribution in [3.8, 4) is 11.5 Å². The van der Waals surface area contributed by atoms with Crippen LogP contribution in [-0.4, -0.2) is 32.8 Å². The van der Waals surface area contributed by atoms with Crippen molar-refractivity contribution in [1.29, 1.82) is 0 Å². The molecule has 0 bridgehead atoms. The van der Waals surface area contributed by atoms with Gasteiger partial charge >= 0.3 is 0 Å². The molecule has 0 radical (unpaired) electrons. The average molecular weight is 423 g/mol. The molecule has 2 fully saturated rings. The summed E-state index contributed by atoms with van der Waals surface area (Å²) in [5.74, 6) is 3.44. The van der Waals surface area contributed by atoms with Crippen molar-refractivity contribution in [3.05, 3.63) is 53.6 Å². The van der Waals surface area contributed by atoms with Crippen LogP contribution in [0, 0.1) is 5.92 Å². The molecule has 4 heteroatoms. The zero-order valence-corrected chi connectivity index (χ0v) is 19.3. The van der Waals surface area contributed by atoms with E-state index in [0.29, 0.717) is 23.9 Å². The SMILES string of the molecule is COc1ccc([C@H]2CNC[C@@H](CNc3ccc(C(C)C)cc3)C2)cc1OC1CCCC1. The molecule has 0 aromatic heterocycles. The Morgan fingerprint density at radius 3 is 2.48 bits per heavy atom. The summed E-state index contributed by atoms with van der Waals surface area (Å²) in [6, 6.07) is 15.4. The third kappa shape index (κ3) is 5.74. The van der Waals surface area contributed by atoms with Gasteiger partial charge in [-0.05, 0) is 91.8 Å². The molecule has 2 atom stereocenters. The van der Waals surface area contributed by atoms with Crippen LogP contribution in [0.1, 0.15) is 68.9 Å². The Morgan fingerprint density at radius 2 is 1.77 bits per heavy atom. The minimum absolute atomic E-state index is 0.340. The van der Waals surface area contributed by atoms with Crippen molar-refractivity contribution in [2.75, 3.05) is 32.1 Å². The summed E-state index contributed by atoms with van der Waals surface area (Å²) >= 11 is 0. The lowest BCUT2D eigenvalue weighted by Gasteiger charge is -2.31. The fourth-order valence-corrected chi connectivity index (χ4v) is 4.91. The monoisotopic (exact) mass is 422 g/mol. The van der Waals surface area contributed by atoms with Gasteiger partial charge in [0.1, 0.15) is 0 Å². The van der Waals surface area contributed by atoms with E-state index < -0.39 is 0 Å². The number of rotatable bonds is 8. The maximum absolute atomic E-state index is 6.33. The Kier molecular flexibility index (Phi) is 7.39. The number of hydrogen-bond acceptors (Lipinski definition) is 4. The predicted molar refractivity (Wildman–Crippen MR) is 129 cm³/mol. The zero-order chi connectivity index (χ0) is 21.6. The van der Waals surface area contributed by atoms with Gasteiger partial charge in [0.25, 0.3) is 0 Å². The molecule has 2 N–H and O–H groups in total. The van der Waals surface area contributed by atoms with Crippen LogP contribution in [-0.2, 0) is 0 Å². The maximum Gasteiger partial charge on any atom is 0.161 e. The first-order valence-electron chi connectivity index (χ1n) is 12.0. The van der Waals surface area contributed by atoms with Crippen molar-refractivity contribution in [2.24, 2.45) is 5.92 Å². The number of piperidine rings is 1. The van der Waals surface area contributed by atoms with Crippen molar-refractivity contribution in [2.45, 2.75) is 63.9 Å². The molecule has 168 valence electrons. The Balaban J connectivity index is 1.37. The molecule has 1 aliphatic carbocycles. The van der Waals surface area contributed by atoms with Crippen LogP contribution in [0.5, 0.6) is 11.5 Å². The van der Waals surface area contributed by atoms with E-state index >= 15 is 0 Å². The van der Waals surface area contributed by atoms with Gasteiger partial charge in [0.2, 0.25) is 0 Å². The third-order valence-electron chi connectivity index (χ3n) is 6.87. The fourth-order valence-electron chi connectivity index (χ4n) is 4.91. The van der Waals surface area contributed by atoms with Crippen LogP contribution in [0.3, 0.4) is 0 Å². The van der Waals surface area contributed by atoms with Crippen molar-refractivity contribution in [3.63, 3.8) is 0 Å². The Morgan fingerprint density at radius 1 is 1.00 bits per heavy atom. The maximum atomic E-state index is 6.33. The lowest BCUT2D eigenvalue weighted by molar-refractivity contribution is 0.200. The van der Waals surface area contributed by atoms with Gasteiger partial charge in [-0.15, -0.1) is 0 Å². The lowest BCUT2D eigenvalue weighted by atomic mass is 9.85. The summed E-state index contributed by atoms with van der Waals surface area (Å²) in [6.07, 6.45) is 6.38. The van der Waals surface area contributed by atoms with Gasteiger partial charge in [-0.1, -0.05) is 32.0 Å². The smallest absolute Gasteiger partial charge is 0.161 e. The molecule has 2 aromatic carbocycles. The second kappa shape index (κ2) is 10.4. The van der Waals surface area contributed by atoms with E-state index in [9.17, 15) is 0 Å². The second-order valence-corrected chi connectivity index (χ2v) is 9.55. The van der Waals surface area contributed by atoms with Gasteiger partial charge in [0.15, 0.2) is 11.5 Å². The summed E-state index contributed by atoms with van der Waals surface area (Å²) in [4.78, 5) is 0. The first kappa shape index (κ1) is 22.0. The quantitative estimate of drug-likeness (QED) is 0.552. The molecule has 1 aliphatic heterocycles. The molecule has 1 heterocycles. The molecule has 0 spiro atoms. The highest BCUT2D eigenvalue weighted by Crippen LogP contribution is 2.36. The van der Waals surface area contributed by atoms with Crippen LogP contribution in [0.25, 0.3) is 0 Å². The largest absolute Gasteiger partial charge is 0.493 e. The number of benzene rings is 2. The molecule has 2 aliphatic rings. The number of methoxy groups -OCH3 is 1. The van der Waals surface area contributed by atoms with Gasteiger partial charge < -0.3 is 20.1 Å². The minimum Gasteiger partial charge on any atom is -0.493 e. The van der Waals surface area contributed by atoms with Gasteiger partial charge in [0, 0.05) is 18.8 Å². The Labute approximate surface area is 187 Å². The van der Waals surface area contributed by atoms with E-state index in [2.05, 4.69) is 66.9 Å². The molecular weight excluding hydrogens is 384 g/mol. The molecule has 0 unspecified atom stereocenters. The van der Waals surface area contributed by atoms with Gasteiger partial charge in [-0.2, -0.15) is 0 Å². The summed E-state index contributed by atoms with van der Waals surface area (Å²) in [6.45, 7) is 7.55. The van der Waals surface area contributed by atoms with E-state index in [-0.39, 0.29) is 0 Å². The van der Waals surface area contributed by atoms with E-state index in [1.165, 1.54) is 36.1 Å². The lowest BCUT2D eigenvalue weighted by Crippen LogP contribution is -2.38. The number of ether oxygens (including phenoxy) is 2. The highest BCUT2D eigenvalue weighted by Gasteiger charge is 2.25. The molecule has 1 saturated carbocycles. The molecule has 31 heavy (non-hydrogen) atoms. The van der Waals surface area contributed by atoms with Crippen LogP contribution in [0.15, 0.2) is 42.5 Å². The standard InChI is InChI=1S/C27H38N2O2/c1-19(2)21-8-11-24(12-9-21)29-17-20-14-23(18-28-16-20)22-10-13-26(30-3)27(15-22)31-25-6-4-5-7-25/h8-13,15,19-20,23,25,28-29H,4-7,14,16-18H2,1-3H3/t20-,23+/m0/s1. The fraction of sp³-hybridized carbons (Fsp3) is 0.556. The van der Waals surface area contributed by atoms with E-state index in [1.54, 1.807) is 7.11 Å². The van der Waals surface area contributed by atoms with E-state index in [4.69, 9.17) is 9.47 Å². The summed E-state index contributed by atoms with van der Waals surface area (Å²) < 4.78 is 11.9. The average Bonchev–Trinajstić information content (AvgIpc) is 3.31. The van der Waals surface area contributed by atoms with Crippen molar-refractivity contribution >= 4 is 5.69 Å².